The fourth-order valence-corrected chi connectivity index (χ4v) is 0.619. The van der Waals surface area contributed by atoms with E-state index < -0.39 is 0 Å². The third-order valence-electron chi connectivity index (χ3n) is 1.35. The van der Waals surface area contributed by atoms with Crippen molar-refractivity contribution in [3.8, 4) is 0 Å². The molecule has 0 radical (unpaired) electrons. The van der Waals surface area contributed by atoms with E-state index in [0.717, 1.165) is 13.1 Å². The molecule has 0 aromatic heterocycles. The normalized spacial score (nSPS) is 8.57. The van der Waals surface area contributed by atoms with E-state index in [4.69, 9.17) is 5.73 Å². The van der Waals surface area contributed by atoms with Crippen LogP contribution < -0.4 is 11.1 Å². The van der Waals surface area contributed by atoms with E-state index in [9.17, 15) is 0 Å². The number of nitrogens with zero attached hydrogens (tertiary/aromatic N) is 1. The Morgan fingerprint density at radius 2 is 1.71 bits per heavy atom. The highest BCUT2D eigenvalue weighted by Crippen LogP contribution is 1.86. The third-order valence-corrected chi connectivity index (χ3v) is 1.35. The first kappa shape index (κ1) is 19.5. The average Bonchev–Trinajstić information content (AvgIpc) is 2.20. The van der Waals surface area contributed by atoms with Crippen LogP contribution in [-0.4, -0.2) is 45.7 Å². The minimum absolute atomic E-state index is 0.733. The molecule has 0 saturated heterocycles. The fourth-order valence-electron chi connectivity index (χ4n) is 0.619. The lowest BCUT2D eigenvalue weighted by Crippen LogP contribution is -2.17. The van der Waals surface area contributed by atoms with E-state index in [1.807, 2.05) is 20.9 Å². The Labute approximate surface area is 91.0 Å². The van der Waals surface area contributed by atoms with Crippen molar-refractivity contribution in [2.45, 2.75) is 33.6 Å². The molecule has 0 heterocycles. The summed E-state index contributed by atoms with van der Waals surface area (Å²) in [4.78, 5) is 2.21. The van der Waals surface area contributed by atoms with Crippen LogP contribution in [0.4, 0.5) is 0 Å². The van der Waals surface area contributed by atoms with Gasteiger partial charge in [0.2, 0.25) is 0 Å². The van der Waals surface area contributed by atoms with Gasteiger partial charge < -0.3 is 16.0 Å². The molecular formula is C11H31N3. The van der Waals surface area contributed by atoms with Gasteiger partial charge in [0.15, 0.2) is 0 Å². The molecule has 3 nitrogen and oxygen atoms in total. The molecule has 0 fully saturated rings. The monoisotopic (exact) mass is 205 g/mol. The van der Waals surface area contributed by atoms with Crippen LogP contribution in [0.1, 0.15) is 33.6 Å². The molecule has 0 atom stereocenters. The van der Waals surface area contributed by atoms with Crippen molar-refractivity contribution in [3.63, 3.8) is 0 Å². The maximum Gasteiger partial charge on any atom is 0.00714 e. The molecule has 0 aliphatic carbocycles. The molecule has 90 valence electrons. The first-order valence-corrected chi connectivity index (χ1v) is 5.68. The third kappa shape index (κ3) is 40.7. The molecule has 3 N–H and O–H groups in total. The largest absolute Gasteiger partial charge is 0.329 e. The Hall–Kier alpha value is -0.120. The minimum Gasteiger partial charge on any atom is -0.329 e. The SMILES string of the molecule is CC.CCCCN(C)C.CNCCN. The number of unbranched alkanes of at least 4 members (excludes halogenated alkanes) is 1. The second-order valence-corrected chi connectivity index (χ2v) is 3.05. The summed E-state index contributed by atoms with van der Waals surface area (Å²) in [6.45, 7) is 9.09. The van der Waals surface area contributed by atoms with Crippen LogP contribution in [0, 0.1) is 0 Å². The maximum atomic E-state index is 5.08. The van der Waals surface area contributed by atoms with Crippen molar-refractivity contribution >= 4 is 0 Å². The van der Waals surface area contributed by atoms with Gasteiger partial charge in [-0.05, 0) is 34.1 Å². The van der Waals surface area contributed by atoms with E-state index in [1.165, 1.54) is 19.4 Å². The predicted octanol–water partition coefficient (Wildman–Crippen LogP) is 1.54. The number of nitrogens with one attached hydrogen (secondary N) is 1. The zero-order chi connectivity index (χ0) is 11.8. The summed E-state index contributed by atoms with van der Waals surface area (Å²) in [6.07, 6.45) is 2.63. The molecule has 0 spiro atoms. The topological polar surface area (TPSA) is 41.3 Å². The summed E-state index contributed by atoms with van der Waals surface area (Å²) < 4.78 is 0. The Balaban J connectivity index is -0.000000152. The Kier molecular flexibility index (Phi) is 32.0. The van der Waals surface area contributed by atoms with Gasteiger partial charge in [0.05, 0.1) is 0 Å². The maximum absolute atomic E-state index is 5.08. The van der Waals surface area contributed by atoms with Gasteiger partial charge in [0.25, 0.3) is 0 Å². The van der Waals surface area contributed by atoms with Crippen LogP contribution in [0.15, 0.2) is 0 Å². The molecule has 0 aliphatic heterocycles. The molecular weight excluding hydrogens is 174 g/mol. The van der Waals surface area contributed by atoms with Gasteiger partial charge in [-0.1, -0.05) is 27.2 Å². The van der Waals surface area contributed by atoms with Crippen LogP contribution >= 0.6 is 0 Å². The summed E-state index contributed by atoms with van der Waals surface area (Å²) in [5, 5.41) is 2.89. The molecule has 14 heavy (non-hydrogen) atoms. The van der Waals surface area contributed by atoms with Gasteiger partial charge in [-0.15, -0.1) is 0 Å². The molecule has 0 aromatic rings. The van der Waals surface area contributed by atoms with Crippen molar-refractivity contribution in [3.05, 3.63) is 0 Å². The van der Waals surface area contributed by atoms with Crippen molar-refractivity contribution in [2.75, 3.05) is 40.8 Å². The van der Waals surface area contributed by atoms with Crippen LogP contribution in [0.5, 0.6) is 0 Å². The molecule has 0 rings (SSSR count). The van der Waals surface area contributed by atoms with Gasteiger partial charge in [0.1, 0.15) is 0 Å². The van der Waals surface area contributed by atoms with E-state index >= 15 is 0 Å². The smallest absolute Gasteiger partial charge is 0.00714 e. The zero-order valence-corrected chi connectivity index (χ0v) is 11.1. The molecule has 0 unspecified atom stereocenters. The summed E-state index contributed by atoms with van der Waals surface area (Å²) in [6, 6.07) is 0. The van der Waals surface area contributed by atoms with Crippen molar-refractivity contribution < 1.29 is 0 Å². The molecule has 3 heteroatoms. The molecule has 0 aliphatic rings. The highest BCUT2D eigenvalue weighted by Gasteiger charge is 1.83. The van der Waals surface area contributed by atoms with Crippen molar-refractivity contribution in [1.82, 2.24) is 10.2 Å². The molecule has 0 amide bonds. The number of likely N-dealkylation sites (N-methyl/N-ethyl adjacent to an activating group) is 1. The van der Waals surface area contributed by atoms with Crippen molar-refractivity contribution in [2.24, 2.45) is 5.73 Å². The second-order valence-electron chi connectivity index (χ2n) is 3.05. The average molecular weight is 205 g/mol. The summed E-state index contributed by atoms with van der Waals surface area (Å²) in [7, 11) is 6.10. The summed E-state index contributed by atoms with van der Waals surface area (Å²) >= 11 is 0. The van der Waals surface area contributed by atoms with Gasteiger partial charge in [-0.2, -0.15) is 0 Å². The predicted molar refractivity (Wildman–Crippen MR) is 67.8 cm³/mol. The van der Waals surface area contributed by atoms with Gasteiger partial charge in [0, 0.05) is 13.1 Å². The number of hydrogen-bond donors (Lipinski definition) is 2. The fraction of sp³-hybridized carbons (Fsp3) is 1.00. The quantitative estimate of drug-likeness (QED) is 0.715. The van der Waals surface area contributed by atoms with Crippen LogP contribution in [0.25, 0.3) is 0 Å². The van der Waals surface area contributed by atoms with E-state index in [-0.39, 0.29) is 0 Å². The van der Waals surface area contributed by atoms with Crippen LogP contribution in [0.2, 0.25) is 0 Å². The number of nitrogens with two attached hydrogens (primary N) is 1. The molecule has 0 bridgehead atoms. The minimum atomic E-state index is 0.733. The first-order valence-electron chi connectivity index (χ1n) is 5.68. The lowest BCUT2D eigenvalue weighted by molar-refractivity contribution is 0.398. The summed E-state index contributed by atoms with van der Waals surface area (Å²) in [5.74, 6) is 0. The first-order chi connectivity index (χ1) is 6.68. The standard InChI is InChI=1S/C6H15N.C3H10N2.C2H6/c1-4-5-6-7(2)3;1-5-3-2-4;1-2/h4-6H2,1-3H3;5H,2-4H2,1H3;1-2H3. The Morgan fingerprint density at radius 3 is 1.79 bits per heavy atom. The Morgan fingerprint density at radius 1 is 1.21 bits per heavy atom. The number of rotatable bonds is 5. The van der Waals surface area contributed by atoms with Gasteiger partial charge >= 0.3 is 0 Å². The molecule has 0 aromatic carbocycles. The highest BCUT2D eigenvalue weighted by atomic mass is 15.0. The molecule has 0 saturated carbocycles. The van der Waals surface area contributed by atoms with E-state index in [1.54, 1.807) is 0 Å². The zero-order valence-electron chi connectivity index (χ0n) is 11.1. The number of hydrogen-bond acceptors (Lipinski definition) is 3. The second kappa shape index (κ2) is 23.1. The van der Waals surface area contributed by atoms with E-state index in [2.05, 4.69) is 31.2 Å². The van der Waals surface area contributed by atoms with E-state index in [0.29, 0.717) is 0 Å². The van der Waals surface area contributed by atoms with Crippen molar-refractivity contribution in [1.29, 1.82) is 0 Å². The van der Waals surface area contributed by atoms with Gasteiger partial charge in [-0.25, -0.2) is 0 Å². The summed E-state index contributed by atoms with van der Waals surface area (Å²) in [5.41, 5.74) is 5.08. The van der Waals surface area contributed by atoms with Crippen LogP contribution in [-0.2, 0) is 0 Å². The lowest BCUT2D eigenvalue weighted by atomic mass is 10.3. The highest BCUT2D eigenvalue weighted by molar-refractivity contribution is 4.39. The lowest BCUT2D eigenvalue weighted by Gasteiger charge is -2.05. The van der Waals surface area contributed by atoms with Gasteiger partial charge in [-0.3, -0.25) is 0 Å². The Bertz CT molecular complexity index is 63.6. The van der Waals surface area contributed by atoms with Crippen LogP contribution in [0.3, 0.4) is 0 Å².